The normalized spacial score (nSPS) is 19.2. The van der Waals surface area contributed by atoms with E-state index in [2.05, 4.69) is 37.7 Å². The molecule has 0 aromatic carbocycles. The van der Waals surface area contributed by atoms with Crippen LogP contribution in [-0.2, 0) is 17.8 Å². The molecule has 1 saturated heterocycles. The van der Waals surface area contributed by atoms with E-state index in [1.807, 2.05) is 0 Å². The van der Waals surface area contributed by atoms with Crippen LogP contribution in [-0.4, -0.2) is 39.1 Å². The Morgan fingerprint density at radius 3 is 3.14 bits per heavy atom. The van der Waals surface area contributed by atoms with E-state index in [-0.39, 0.29) is 11.8 Å². The summed E-state index contributed by atoms with van der Waals surface area (Å²) in [6.07, 6.45) is 2.95. The SMILES string of the molecule is CCc1nc(CN2CCC[C@@H](C(=O)Nc3nncs3)C2)cs1. The van der Waals surface area contributed by atoms with Crippen LogP contribution in [0.3, 0.4) is 0 Å². The highest BCUT2D eigenvalue weighted by molar-refractivity contribution is 7.13. The molecule has 3 heterocycles. The maximum Gasteiger partial charge on any atom is 0.230 e. The molecule has 0 spiro atoms. The standard InChI is InChI=1S/C14H19N5OS2/c1-2-12-16-11(8-21-12)7-19-5-3-4-10(6-19)13(20)17-14-18-15-9-22-14/h8-10H,2-7H2,1H3,(H,17,18,20)/t10-/m1/s1. The topological polar surface area (TPSA) is 71.0 Å². The van der Waals surface area contributed by atoms with Crippen LogP contribution in [0.4, 0.5) is 5.13 Å². The monoisotopic (exact) mass is 337 g/mol. The molecule has 118 valence electrons. The third-order valence-corrected chi connectivity index (χ3v) is 5.40. The molecule has 1 amide bonds. The van der Waals surface area contributed by atoms with Crippen molar-refractivity contribution in [3.63, 3.8) is 0 Å². The maximum atomic E-state index is 12.3. The number of rotatable bonds is 5. The number of thiazole rings is 1. The minimum atomic E-state index is 0.0157. The first-order valence-electron chi connectivity index (χ1n) is 7.47. The lowest BCUT2D eigenvalue weighted by Crippen LogP contribution is -2.40. The van der Waals surface area contributed by atoms with Crippen molar-refractivity contribution in [1.29, 1.82) is 0 Å². The summed E-state index contributed by atoms with van der Waals surface area (Å²) in [5.41, 5.74) is 2.74. The fourth-order valence-electron chi connectivity index (χ4n) is 2.66. The second kappa shape index (κ2) is 7.26. The summed E-state index contributed by atoms with van der Waals surface area (Å²) in [6, 6.07) is 0. The number of amides is 1. The molecule has 0 radical (unpaired) electrons. The van der Waals surface area contributed by atoms with Crippen LogP contribution in [0.15, 0.2) is 10.9 Å². The average Bonchev–Trinajstić information content (AvgIpc) is 3.19. The van der Waals surface area contributed by atoms with E-state index in [4.69, 9.17) is 0 Å². The first-order chi connectivity index (χ1) is 10.7. The van der Waals surface area contributed by atoms with Crippen molar-refractivity contribution in [1.82, 2.24) is 20.1 Å². The number of aryl methyl sites for hydroxylation is 1. The minimum Gasteiger partial charge on any atom is -0.300 e. The lowest BCUT2D eigenvalue weighted by molar-refractivity contribution is -0.121. The molecule has 0 saturated carbocycles. The van der Waals surface area contributed by atoms with Gasteiger partial charge in [0.2, 0.25) is 11.0 Å². The van der Waals surface area contributed by atoms with E-state index >= 15 is 0 Å². The number of nitrogens with zero attached hydrogens (tertiary/aromatic N) is 4. The predicted octanol–water partition coefficient (Wildman–Crippen LogP) is 2.41. The van der Waals surface area contributed by atoms with Crippen molar-refractivity contribution in [3.05, 3.63) is 21.6 Å². The summed E-state index contributed by atoms with van der Waals surface area (Å²) in [5.74, 6) is 0.0657. The summed E-state index contributed by atoms with van der Waals surface area (Å²) in [7, 11) is 0. The Morgan fingerprint density at radius 1 is 1.50 bits per heavy atom. The van der Waals surface area contributed by atoms with Gasteiger partial charge in [-0.05, 0) is 25.8 Å². The molecular weight excluding hydrogens is 318 g/mol. The molecule has 1 aliphatic rings. The van der Waals surface area contributed by atoms with Crippen molar-refractivity contribution >= 4 is 33.7 Å². The Morgan fingerprint density at radius 2 is 2.41 bits per heavy atom. The predicted molar refractivity (Wildman–Crippen MR) is 88.0 cm³/mol. The lowest BCUT2D eigenvalue weighted by atomic mass is 9.97. The molecule has 2 aromatic rings. The maximum absolute atomic E-state index is 12.3. The third-order valence-electron chi connectivity index (χ3n) is 3.75. The quantitative estimate of drug-likeness (QED) is 0.907. The van der Waals surface area contributed by atoms with E-state index < -0.39 is 0 Å². The Kier molecular flexibility index (Phi) is 5.12. The van der Waals surface area contributed by atoms with E-state index in [0.29, 0.717) is 5.13 Å². The number of aromatic nitrogens is 3. The Bertz CT molecular complexity index is 613. The number of likely N-dealkylation sites (tertiary alicyclic amines) is 1. The van der Waals surface area contributed by atoms with Gasteiger partial charge in [0.1, 0.15) is 5.51 Å². The largest absolute Gasteiger partial charge is 0.300 e. The lowest BCUT2D eigenvalue weighted by Gasteiger charge is -2.31. The first-order valence-corrected chi connectivity index (χ1v) is 9.23. The van der Waals surface area contributed by atoms with Crippen LogP contribution in [0.2, 0.25) is 0 Å². The number of anilines is 1. The number of hydrogen-bond acceptors (Lipinski definition) is 7. The number of nitrogens with one attached hydrogen (secondary N) is 1. The fourth-order valence-corrected chi connectivity index (χ4v) is 3.85. The number of piperidine rings is 1. The Hall–Kier alpha value is -1.38. The summed E-state index contributed by atoms with van der Waals surface area (Å²) in [5, 5.41) is 14.3. The van der Waals surface area contributed by atoms with E-state index in [9.17, 15) is 4.79 Å². The summed E-state index contributed by atoms with van der Waals surface area (Å²) >= 11 is 3.06. The molecule has 0 unspecified atom stereocenters. The van der Waals surface area contributed by atoms with E-state index in [1.54, 1.807) is 16.8 Å². The van der Waals surface area contributed by atoms with Crippen molar-refractivity contribution in [2.45, 2.75) is 32.7 Å². The summed E-state index contributed by atoms with van der Waals surface area (Å²) in [6.45, 7) is 4.77. The van der Waals surface area contributed by atoms with Gasteiger partial charge in [-0.25, -0.2) is 4.98 Å². The van der Waals surface area contributed by atoms with Gasteiger partial charge in [-0.1, -0.05) is 18.3 Å². The molecule has 2 aromatic heterocycles. The average molecular weight is 337 g/mol. The second-order valence-electron chi connectivity index (χ2n) is 5.39. The number of carbonyl (C=O) groups excluding carboxylic acids is 1. The van der Waals surface area contributed by atoms with Gasteiger partial charge in [0.25, 0.3) is 0 Å². The van der Waals surface area contributed by atoms with Crippen molar-refractivity contribution in [2.24, 2.45) is 5.92 Å². The number of hydrogen-bond donors (Lipinski definition) is 1. The summed E-state index contributed by atoms with van der Waals surface area (Å²) < 4.78 is 0. The molecule has 1 atom stereocenters. The zero-order valence-electron chi connectivity index (χ0n) is 12.5. The minimum absolute atomic E-state index is 0.0157. The summed E-state index contributed by atoms with van der Waals surface area (Å²) in [4.78, 5) is 19.2. The van der Waals surface area contributed by atoms with E-state index in [1.165, 1.54) is 16.3 Å². The van der Waals surface area contributed by atoms with Crippen LogP contribution in [0.25, 0.3) is 0 Å². The number of carbonyl (C=O) groups is 1. The van der Waals surface area contributed by atoms with Gasteiger partial charge in [0.05, 0.1) is 16.6 Å². The molecule has 1 N–H and O–H groups in total. The molecular formula is C14H19N5OS2. The smallest absolute Gasteiger partial charge is 0.230 e. The zero-order chi connectivity index (χ0) is 15.4. The van der Waals surface area contributed by atoms with Gasteiger partial charge >= 0.3 is 0 Å². The van der Waals surface area contributed by atoms with Crippen LogP contribution < -0.4 is 5.32 Å². The molecule has 6 nitrogen and oxygen atoms in total. The highest BCUT2D eigenvalue weighted by atomic mass is 32.1. The van der Waals surface area contributed by atoms with Crippen molar-refractivity contribution in [2.75, 3.05) is 18.4 Å². The molecule has 1 fully saturated rings. The second-order valence-corrected chi connectivity index (χ2v) is 7.17. The Labute approximate surface area is 137 Å². The van der Waals surface area contributed by atoms with Crippen LogP contribution >= 0.6 is 22.7 Å². The van der Waals surface area contributed by atoms with Gasteiger partial charge in [-0.15, -0.1) is 21.5 Å². The molecule has 3 rings (SSSR count). The molecule has 0 bridgehead atoms. The first kappa shape index (κ1) is 15.5. The van der Waals surface area contributed by atoms with Crippen LogP contribution in [0.1, 0.15) is 30.5 Å². The molecule has 22 heavy (non-hydrogen) atoms. The van der Waals surface area contributed by atoms with Gasteiger partial charge in [0, 0.05) is 18.5 Å². The van der Waals surface area contributed by atoms with Crippen LogP contribution in [0, 0.1) is 5.92 Å². The highest BCUT2D eigenvalue weighted by Crippen LogP contribution is 2.21. The van der Waals surface area contributed by atoms with Crippen molar-refractivity contribution < 1.29 is 4.79 Å². The highest BCUT2D eigenvalue weighted by Gasteiger charge is 2.26. The van der Waals surface area contributed by atoms with Crippen molar-refractivity contribution in [3.8, 4) is 0 Å². The third kappa shape index (κ3) is 3.88. The van der Waals surface area contributed by atoms with Gasteiger partial charge in [-0.3, -0.25) is 9.69 Å². The fraction of sp³-hybridized carbons (Fsp3) is 0.571. The Balaban J connectivity index is 1.55. The van der Waals surface area contributed by atoms with Gasteiger partial charge in [0.15, 0.2) is 0 Å². The zero-order valence-corrected chi connectivity index (χ0v) is 14.1. The van der Waals surface area contributed by atoms with Gasteiger partial charge < -0.3 is 5.32 Å². The molecule has 0 aliphatic carbocycles. The van der Waals surface area contributed by atoms with E-state index in [0.717, 1.165) is 44.6 Å². The molecule has 1 aliphatic heterocycles. The molecule has 8 heteroatoms. The van der Waals surface area contributed by atoms with Crippen LogP contribution in [0.5, 0.6) is 0 Å². The van der Waals surface area contributed by atoms with Gasteiger partial charge in [-0.2, -0.15) is 0 Å².